The highest BCUT2D eigenvalue weighted by atomic mass is 127. The predicted octanol–water partition coefficient (Wildman–Crippen LogP) is -1.76. The minimum Gasteiger partial charge on any atom is -0.480 e. The van der Waals surface area contributed by atoms with Crippen LogP contribution in [-0.4, -0.2) is 148 Å². The van der Waals surface area contributed by atoms with Crippen molar-refractivity contribution in [2.45, 2.75) is 12.5 Å². The summed E-state index contributed by atoms with van der Waals surface area (Å²) in [6.07, 6.45) is 0.336. The highest BCUT2D eigenvalue weighted by molar-refractivity contribution is 14.1. The lowest BCUT2D eigenvalue weighted by atomic mass is 10.1. The molecule has 1 rings (SSSR count). The van der Waals surface area contributed by atoms with E-state index in [-0.39, 0.29) is 45.8 Å². The zero-order valence-corrected chi connectivity index (χ0v) is 20.0. The molecule has 1 atom stereocenters. The number of carboxylic acids is 4. The van der Waals surface area contributed by atoms with Crippen molar-refractivity contribution in [2.75, 3.05) is 78.5 Å². The first kappa shape index (κ1) is 28.4. The van der Waals surface area contributed by atoms with E-state index in [0.717, 1.165) is 0 Å². The van der Waals surface area contributed by atoms with E-state index < -0.39 is 29.9 Å². The van der Waals surface area contributed by atoms with E-state index >= 15 is 0 Å². The molecule has 5 N–H and O–H groups in total. The largest absolute Gasteiger partial charge is 0.480 e. The van der Waals surface area contributed by atoms with Gasteiger partial charge in [-0.05, 0) is 6.42 Å². The van der Waals surface area contributed by atoms with Gasteiger partial charge in [0.15, 0.2) is 0 Å². The summed E-state index contributed by atoms with van der Waals surface area (Å²) in [5.74, 6) is -4.06. The van der Waals surface area contributed by atoms with E-state index in [0.29, 0.717) is 39.1 Å². The molecule has 0 saturated carbocycles. The van der Waals surface area contributed by atoms with Gasteiger partial charge < -0.3 is 20.4 Å². The van der Waals surface area contributed by atoms with Crippen molar-refractivity contribution in [3.8, 4) is 0 Å². The van der Waals surface area contributed by atoms with Crippen LogP contribution in [0, 0.1) is 0 Å². The van der Waals surface area contributed by atoms with E-state index in [2.05, 4.69) is 3.53 Å². The van der Waals surface area contributed by atoms with E-state index in [1.165, 1.54) is 0 Å². The molecule has 1 fully saturated rings. The van der Waals surface area contributed by atoms with Crippen LogP contribution in [0.25, 0.3) is 0 Å². The fourth-order valence-electron chi connectivity index (χ4n) is 3.57. The number of nitrogens with one attached hydrogen (secondary N) is 1. The maximum atomic E-state index is 11.9. The van der Waals surface area contributed by atoms with Crippen molar-refractivity contribution in [3.05, 3.63) is 0 Å². The van der Waals surface area contributed by atoms with Crippen LogP contribution in [0.5, 0.6) is 0 Å². The highest BCUT2D eigenvalue weighted by Gasteiger charge is 2.27. The lowest BCUT2D eigenvalue weighted by Crippen LogP contribution is -2.52. The fourth-order valence-corrected chi connectivity index (χ4v) is 3.88. The van der Waals surface area contributed by atoms with Crippen LogP contribution in [0.4, 0.5) is 0 Å². The van der Waals surface area contributed by atoms with Gasteiger partial charge in [0.05, 0.1) is 19.6 Å². The second kappa shape index (κ2) is 15.3. The second-order valence-corrected chi connectivity index (χ2v) is 8.33. The zero-order valence-electron chi connectivity index (χ0n) is 17.9. The highest BCUT2D eigenvalue weighted by Crippen LogP contribution is 2.08. The Morgan fingerprint density at radius 1 is 0.688 bits per heavy atom. The van der Waals surface area contributed by atoms with Gasteiger partial charge in [-0.1, -0.05) is 0 Å². The molecule has 184 valence electrons. The Morgan fingerprint density at radius 2 is 1.03 bits per heavy atom. The first-order valence-corrected chi connectivity index (χ1v) is 11.3. The SMILES string of the molecule is O=C(O)CN1CCN(CC(=O)O)CCN(C(CCNI)C(=O)O)CCN(CC(=O)O)CC1. The molecule has 0 bridgehead atoms. The first-order chi connectivity index (χ1) is 15.1. The maximum absolute atomic E-state index is 11.9. The van der Waals surface area contributed by atoms with Crippen molar-refractivity contribution in [1.82, 2.24) is 23.1 Å². The normalized spacial score (nSPS) is 19.5. The maximum Gasteiger partial charge on any atom is 0.320 e. The first-order valence-electron chi connectivity index (χ1n) is 10.2. The van der Waals surface area contributed by atoms with Crippen LogP contribution in [0.15, 0.2) is 0 Å². The van der Waals surface area contributed by atoms with E-state index in [1.807, 2.05) is 22.9 Å². The van der Waals surface area contributed by atoms with Crippen molar-refractivity contribution >= 4 is 46.7 Å². The van der Waals surface area contributed by atoms with E-state index in [4.69, 9.17) is 0 Å². The molecule has 0 amide bonds. The topological polar surface area (TPSA) is 174 Å². The second-order valence-electron chi connectivity index (χ2n) is 7.57. The Balaban J connectivity index is 3.07. The number of rotatable bonds is 11. The summed E-state index contributed by atoms with van der Waals surface area (Å²) in [5, 5.41) is 37.4. The number of halogens is 1. The number of nitrogens with zero attached hydrogens (tertiary/aromatic N) is 4. The molecule has 32 heavy (non-hydrogen) atoms. The number of hydrogen-bond acceptors (Lipinski definition) is 9. The Morgan fingerprint density at radius 3 is 1.31 bits per heavy atom. The van der Waals surface area contributed by atoms with Crippen LogP contribution in [0.2, 0.25) is 0 Å². The molecule has 0 spiro atoms. The number of aliphatic carboxylic acids is 4. The summed E-state index contributed by atoms with van der Waals surface area (Å²) in [4.78, 5) is 52.4. The number of carboxylic acid groups (broad SMARTS) is 4. The van der Waals surface area contributed by atoms with E-state index in [1.54, 1.807) is 19.6 Å². The molecule has 0 aromatic carbocycles. The molecule has 13 nitrogen and oxygen atoms in total. The Bertz CT molecular complexity index is 608. The van der Waals surface area contributed by atoms with Gasteiger partial charge in [0, 0.05) is 81.8 Å². The summed E-state index contributed by atoms with van der Waals surface area (Å²) in [7, 11) is 0. The smallest absolute Gasteiger partial charge is 0.320 e. The zero-order chi connectivity index (χ0) is 24.1. The quantitative estimate of drug-likeness (QED) is 0.139. The number of carbonyl (C=O) groups is 4. The van der Waals surface area contributed by atoms with Crippen molar-refractivity contribution < 1.29 is 39.6 Å². The van der Waals surface area contributed by atoms with Crippen LogP contribution >= 0.6 is 22.9 Å². The molecular formula is C18H32IN5O8. The van der Waals surface area contributed by atoms with Gasteiger partial charge >= 0.3 is 23.9 Å². The molecular weight excluding hydrogens is 541 g/mol. The average Bonchev–Trinajstić information content (AvgIpc) is 2.68. The molecule has 1 saturated heterocycles. The molecule has 0 aromatic rings. The Labute approximate surface area is 200 Å². The lowest BCUT2D eigenvalue weighted by molar-refractivity contribution is -0.145. The van der Waals surface area contributed by atoms with Gasteiger partial charge in [0.25, 0.3) is 0 Å². The molecule has 1 heterocycles. The molecule has 1 aliphatic heterocycles. The van der Waals surface area contributed by atoms with Gasteiger partial charge in [-0.2, -0.15) is 0 Å². The molecule has 0 aromatic heterocycles. The molecule has 0 aliphatic carbocycles. The fraction of sp³-hybridized carbons (Fsp3) is 0.778. The molecule has 0 radical (unpaired) electrons. The van der Waals surface area contributed by atoms with Crippen molar-refractivity contribution in [2.24, 2.45) is 0 Å². The standard InChI is InChI=1S/C18H32IN5O8/c19-20-2-1-14(18(31)32)24-9-7-22(12-16(27)28)5-3-21(11-15(25)26)4-6-23(8-10-24)13-17(29)30/h14,20H,1-13H2,(H,25,26)(H,27,28)(H,29,30)(H,31,32). The third-order valence-electron chi connectivity index (χ3n) is 5.19. The minimum absolute atomic E-state index is 0.238. The van der Waals surface area contributed by atoms with Crippen LogP contribution in [0.3, 0.4) is 0 Å². The summed E-state index contributed by atoms with van der Waals surface area (Å²) in [5.41, 5.74) is 0. The van der Waals surface area contributed by atoms with Gasteiger partial charge in [0.2, 0.25) is 0 Å². The van der Waals surface area contributed by atoms with Gasteiger partial charge in [-0.3, -0.25) is 42.3 Å². The minimum atomic E-state index is -1.02. The van der Waals surface area contributed by atoms with Crippen LogP contribution in [-0.2, 0) is 19.2 Å². The Hall–Kier alpha value is -1.59. The van der Waals surface area contributed by atoms with Crippen molar-refractivity contribution in [1.29, 1.82) is 0 Å². The predicted molar refractivity (Wildman–Crippen MR) is 122 cm³/mol. The summed E-state index contributed by atoms with van der Waals surface area (Å²) in [6, 6.07) is -0.804. The summed E-state index contributed by atoms with van der Waals surface area (Å²) >= 11 is 1.94. The van der Waals surface area contributed by atoms with Gasteiger partial charge in [-0.25, -0.2) is 0 Å². The number of hydrogen-bond donors (Lipinski definition) is 5. The van der Waals surface area contributed by atoms with Gasteiger partial charge in [-0.15, -0.1) is 0 Å². The third-order valence-corrected chi connectivity index (χ3v) is 5.73. The lowest BCUT2D eigenvalue weighted by Gasteiger charge is -2.35. The van der Waals surface area contributed by atoms with Crippen LogP contribution in [0.1, 0.15) is 6.42 Å². The summed E-state index contributed by atoms with van der Waals surface area (Å²) < 4.78 is 2.90. The molecule has 1 unspecified atom stereocenters. The third kappa shape index (κ3) is 11.9. The molecule has 14 heteroatoms. The Kier molecular flexibility index (Phi) is 13.6. The molecule has 1 aliphatic rings. The monoisotopic (exact) mass is 573 g/mol. The summed E-state index contributed by atoms with van der Waals surface area (Å²) in [6.45, 7) is 2.05. The average molecular weight is 573 g/mol. The van der Waals surface area contributed by atoms with Gasteiger partial charge in [0.1, 0.15) is 6.04 Å². The van der Waals surface area contributed by atoms with E-state index in [9.17, 15) is 39.6 Å². The van der Waals surface area contributed by atoms with Crippen LogP contribution < -0.4 is 3.53 Å². The van der Waals surface area contributed by atoms with Crippen molar-refractivity contribution in [3.63, 3.8) is 0 Å².